The van der Waals surface area contributed by atoms with E-state index in [1.54, 1.807) is 17.1 Å². The Balaban J connectivity index is 1.84. The van der Waals surface area contributed by atoms with E-state index in [2.05, 4.69) is 14.8 Å². The van der Waals surface area contributed by atoms with E-state index in [1.807, 2.05) is 19.1 Å². The lowest BCUT2D eigenvalue weighted by Gasteiger charge is -2.18. The Morgan fingerprint density at radius 2 is 1.67 bits per heavy atom. The summed E-state index contributed by atoms with van der Waals surface area (Å²) in [6.07, 6.45) is 0. The van der Waals surface area contributed by atoms with Gasteiger partial charge in [-0.15, -0.1) is 0 Å². The zero-order chi connectivity index (χ0) is 19.6. The number of nitrogens with one attached hydrogen (secondary N) is 1. The fraction of sp³-hybridized carbons (Fsp3) is 0.222. The average molecular weight is 425 g/mol. The van der Waals surface area contributed by atoms with E-state index in [0.29, 0.717) is 16.6 Å². The molecule has 0 saturated heterocycles. The Morgan fingerprint density at radius 1 is 1.11 bits per heavy atom. The third-order valence-electron chi connectivity index (χ3n) is 4.09. The first-order valence-electron chi connectivity index (χ1n) is 8.17. The summed E-state index contributed by atoms with van der Waals surface area (Å²) in [4.78, 5) is 4.17. The van der Waals surface area contributed by atoms with Gasteiger partial charge in [0.2, 0.25) is 5.96 Å². The molecule has 2 aromatic rings. The molecule has 6 nitrogen and oxygen atoms in total. The molecule has 2 aromatic carbocycles. The van der Waals surface area contributed by atoms with Gasteiger partial charge >= 0.3 is 0 Å². The van der Waals surface area contributed by atoms with Gasteiger partial charge in [-0.05, 0) is 42.0 Å². The summed E-state index contributed by atoms with van der Waals surface area (Å²) < 4.78 is 27.7. The van der Waals surface area contributed by atoms with Gasteiger partial charge in [-0.25, -0.2) is 18.1 Å². The van der Waals surface area contributed by atoms with Crippen LogP contribution < -0.4 is 4.72 Å². The van der Waals surface area contributed by atoms with E-state index < -0.39 is 10.0 Å². The minimum Gasteiger partial charge on any atom is -0.254 e. The molecule has 0 aromatic heterocycles. The quantitative estimate of drug-likeness (QED) is 0.603. The molecule has 0 bridgehead atoms. The van der Waals surface area contributed by atoms with Crippen molar-refractivity contribution in [3.63, 3.8) is 0 Å². The SMILES string of the molecule is CN=C(NS(=O)(=O)c1ccc(Cl)cc1)N1C[C@@H](C)C(c2ccc(Cl)cc2)=N1. The number of sulfonamides is 1. The van der Waals surface area contributed by atoms with Gasteiger partial charge in [-0.2, -0.15) is 5.10 Å². The van der Waals surface area contributed by atoms with E-state index in [0.717, 1.165) is 11.3 Å². The van der Waals surface area contributed by atoms with Crippen molar-refractivity contribution in [2.24, 2.45) is 16.0 Å². The molecule has 0 spiro atoms. The number of hydrogen-bond donors (Lipinski definition) is 1. The summed E-state index contributed by atoms with van der Waals surface area (Å²) in [5.74, 6) is 0.253. The Labute approximate surface area is 168 Å². The molecule has 1 aliphatic heterocycles. The number of guanidine groups is 1. The first-order chi connectivity index (χ1) is 12.8. The summed E-state index contributed by atoms with van der Waals surface area (Å²) in [6.45, 7) is 2.53. The maximum absolute atomic E-state index is 12.6. The van der Waals surface area contributed by atoms with Gasteiger partial charge in [0.1, 0.15) is 0 Å². The largest absolute Gasteiger partial charge is 0.264 e. The van der Waals surface area contributed by atoms with Gasteiger partial charge in [0.05, 0.1) is 17.2 Å². The van der Waals surface area contributed by atoms with Crippen LogP contribution in [0.2, 0.25) is 10.0 Å². The van der Waals surface area contributed by atoms with Gasteiger partial charge in [-0.3, -0.25) is 4.99 Å². The van der Waals surface area contributed by atoms with Gasteiger partial charge < -0.3 is 0 Å². The van der Waals surface area contributed by atoms with Gasteiger partial charge in [0.25, 0.3) is 10.0 Å². The van der Waals surface area contributed by atoms with Crippen molar-refractivity contribution in [2.45, 2.75) is 11.8 Å². The van der Waals surface area contributed by atoms with Crippen LogP contribution in [0.1, 0.15) is 12.5 Å². The van der Waals surface area contributed by atoms with E-state index in [4.69, 9.17) is 23.2 Å². The molecule has 3 rings (SSSR count). The maximum atomic E-state index is 12.6. The zero-order valence-corrected chi connectivity index (χ0v) is 17.1. The van der Waals surface area contributed by atoms with Gasteiger partial charge in [-0.1, -0.05) is 42.3 Å². The second-order valence-corrected chi connectivity index (χ2v) is 8.64. The van der Waals surface area contributed by atoms with Crippen LogP contribution in [-0.4, -0.2) is 38.7 Å². The molecule has 0 aliphatic carbocycles. The van der Waals surface area contributed by atoms with E-state index >= 15 is 0 Å². The Morgan fingerprint density at radius 3 is 2.22 bits per heavy atom. The average Bonchev–Trinajstić information content (AvgIpc) is 3.02. The molecule has 142 valence electrons. The molecule has 0 fully saturated rings. The van der Waals surface area contributed by atoms with Crippen LogP contribution in [0.3, 0.4) is 0 Å². The van der Waals surface area contributed by atoms with E-state index in [9.17, 15) is 8.42 Å². The molecule has 1 heterocycles. The highest BCUT2D eigenvalue weighted by Crippen LogP contribution is 2.21. The lowest BCUT2D eigenvalue weighted by molar-refractivity contribution is 0.445. The second kappa shape index (κ2) is 7.88. The zero-order valence-electron chi connectivity index (χ0n) is 14.7. The molecule has 27 heavy (non-hydrogen) atoms. The molecule has 1 aliphatic rings. The van der Waals surface area contributed by atoms with E-state index in [1.165, 1.54) is 31.3 Å². The van der Waals surface area contributed by atoms with E-state index in [-0.39, 0.29) is 16.8 Å². The van der Waals surface area contributed by atoms with Crippen molar-refractivity contribution < 1.29 is 8.42 Å². The number of rotatable bonds is 3. The third-order valence-corrected chi connectivity index (χ3v) is 5.94. The highest BCUT2D eigenvalue weighted by Gasteiger charge is 2.29. The Bertz CT molecular complexity index is 987. The van der Waals surface area contributed by atoms with Crippen molar-refractivity contribution >= 4 is 44.9 Å². The minimum atomic E-state index is -3.80. The number of hydrogen-bond acceptors (Lipinski definition) is 4. The molecule has 1 atom stereocenters. The monoisotopic (exact) mass is 424 g/mol. The van der Waals surface area contributed by atoms with Crippen molar-refractivity contribution in [1.82, 2.24) is 9.73 Å². The smallest absolute Gasteiger partial charge is 0.254 e. The van der Waals surface area contributed by atoms with Gasteiger partial charge in [0.15, 0.2) is 0 Å². The molecule has 0 saturated carbocycles. The fourth-order valence-electron chi connectivity index (χ4n) is 2.72. The summed E-state index contributed by atoms with van der Waals surface area (Å²) in [6, 6.07) is 13.3. The van der Waals surface area contributed by atoms with Crippen molar-refractivity contribution in [3.05, 3.63) is 64.1 Å². The predicted molar refractivity (Wildman–Crippen MR) is 109 cm³/mol. The number of halogens is 2. The lowest BCUT2D eigenvalue weighted by Crippen LogP contribution is -2.41. The lowest BCUT2D eigenvalue weighted by atomic mass is 10.00. The Kier molecular flexibility index (Phi) is 5.74. The number of nitrogens with zero attached hydrogens (tertiary/aromatic N) is 3. The van der Waals surface area contributed by atoms with Crippen LogP contribution in [0.5, 0.6) is 0 Å². The summed E-state index contributed by atoms with van der Waals surface area (Å²) in [5.41, 5.74) is 1.78. The second-order valence-electron chi connectivity index (χ2n) is 6.08. The molecular formula is C18H18Cl2N4O2S. The summed E-state index contributed by atoms with van der Waals surface area (Å²) in [5, 5.41) is 7.23. The topological polar surface area (TPSA) is 74.1 Å². The Hall–Kier alpha value is -2.09. The molecule has 0 radical (unpaired) electrons. The number of benzene rings is 2. The molecule has 1 N–H and O–H groups in total. The molecule has 9 heteroatoms. The van der Waals surface area contributed by atoms with Crippen LogP contribution in [0.4, 0.5) is 0 Å². The predicted octanol–water partition coefficient (Wildman–Crippen LogP) is 3.61. The van der Waals surface area contributed by atoms with Gasteiger partial charge in [0, 0.05) is 23.0 Å². The first kappa shape index (κ1) is 19.7. The van der Waals surface area contributed by atoms with Crippen molar-refractivity contribution in [2.75, 3.05) is 13.6 Å². The first-order valence-corrected chi connectivity index (χ1v) is 10.4. The summed E-state index contributed by atoms with van der Waals surface area (Å²) in [7, 11) is -2.28. The standard InChI is InChI=1S/C18H18Cl2N4O2S/c1-12-11-24(22-17(12)13-3-5-14(19)6-4-13)18(21-2)23-27(25,26)16-9-7-15(20)8-10-16/h3-10,12H,11H2,1-2H3,(H,21,23)/t12-/m1/s1. The highest BCUT2D eigenvalue weighted by atomic mass is 35.5. The molecule has 0 amide bonds. The maximum Gasteiger partial charge on any atom is 0.264 e. The summed E-state index contributed by atoms with van der Waals surface area (Å²) >= 11 is 11.8. The van der Waals surface area contributed by atoms with Crippen LogP contribution >= 0.6 is 23.2 Å². The highest BCUT2D eigenvalue weighted by molar-refractivity contribution is 7.90. The number of hydrazone groups is 1. The number of aliphatic imine (C=N–C) groups is 1. The van der Waals surface area contributed by atoms with Crippen molar-refractivity contribution in [3.8, 4) is 0 Å². The van der Waals surface area contributed by atoms with Crippen LogP contribution in [0.25, 0.3) is 0 Å². The normalized spacial score (nSPS) is 17.8. The van der Waals surface area contributed by atoms with Crippen LogP contribution in [0.15, 0.2) is 63.5 Å². The third kappa shape index (κ3) is 4.43. The molecular weight excluding hydrogens is 407 g/mol. The fourth-order valence-corrected chi connectivity index (χ4v) is 4.02. The molecule has 0 unspecified atom stereocenters. The van der Waals surface area contributed by atoms with Crippen LogP contribution in [0, 0.1) is 5.92 Å². The van der Waals surface area contributed by atoms with Crippen LogP contribution in [-0.2, 0) is 10.0 Å². The minimum absolute atomic E-state index is 0.0993. The van der Waals surface area contributed by atoms with Crippen molar-refractivity contribution in [1.29, 1.82) is 0 Å².